The van der Waals surface area contributed by atoms with Gasteiger partial charge in [-0.25, -0.2) is 19.6 Å². The smallest absolute Gasteiger partial charge is 0.475 e. The molecule has 36 heavy (non-hydrogen) atoms. The van der Waals surface area contributed by atoms with Gasteiger partial charge in [0.15, 0.2) is 0 Å². The van der Waals surface area contributed by atoms with Crippen molar-refractivity contribution in [1.29, 1.82) is 0 Å². The second-order valence-electron chi connectivity index (χ2n) is 7.27. The molecule has 4 rings (SSSR count). The fourth-order valence-corrected chi connectivity index (χ4v) is 3.56. The topological polar surface area (TPSA) is 137 Å². The van der Waals surface area contributed by atoms with Crippen molar-refractivity contribution < 1.29 is 50.9 Å². The molecule has 2 aliphatic rings. The van der Waals surface area contributed by atoms with Crippen LogP contribution in [0.25, 0.3) is 0 Å². The van der Waals surface area contributed by atoms with E-state index in [1.54, 1.807) is 24.7 Å². The SMILES string of the molecule is O=C(O)C(F)(F)F.O=C(O)C(F)(F)F.O=C(c1ccccn1)N1CC[C@H]2[C@H]1CCN2c1ncccn1. The molecule has 2 aromatic rings. The third kappa shape index (κ3) is 7.51. The van der Waals surface area contributed by atoms with Crippen LogP contribution in [0.3, 0.4) is 0 Å². The van der Waals surface area contributed by atoms with E-state index in [9.17, 15) is 31.1 Å². The molecule has 16 heteroatoms. The first-order valence-corrected chi connectivity index (χ1v) is 10.1. The van der Waals surface area contributed by atoms with E-state index < -0.39 is 24.3 Å². The molecule has 10 nitrogen and oxygen atoms in total. The van der Waals surface area contributed by atoms with Gasteiger partial charge >= 0.3 is 24.3 Å². The first-order chi connectivity index (χ1) is 16.7. The first kappa shape index (κ1) is 28.3. The molecule has 1 amide bonds. The van der Waals surface area contributed by atoms with E-state index in [4.69, 9.17) is 19.8 Å². The molecule has 2 aliphatic heterocycles. The predicted octanol–water partition coefficient (Wildman–Crippen LogP) is 2.63. The average Bonchev–Trinajstić information content (AvgIpc) is 3.42. The highest BCUT2D eigenvalue weighted by Crippen LogP contribution is 2.34. The lowest BCUT2D eigenvalue weighted by molar-refractivity contribution is -0.193. The monoisotopic (exact) mass is 523 g/mol. The summed E-state index contributed by atoms with van der Waals surface area (Å²) in [5, 5.41) is 14.2. The Labute approximate surface area is 199 Å². The molecule has 4 heterocycles. The Hall–Kier alpha value is -3.98. The number of carbonyl (C=O) groups is 3. The van der Waals surface area contributed by atoms with Crippen molar-refractivity contribution in [3.63, 3.8) is 0 Å². The number of fused-ring (bicyclic) bond motifs is 1. The quantitative estimate of drug-likeness (QED) is 0.569. The van der Waals surface area contributed by atoms with Gasteiger partial charge in [0.2, 0.25) is 5.95 Å². The fourth-order valence-electron chi connectivity index (χ4n) is 3.56. The van der Waals surface area contributed by atoms with Gasteiger partial charge in [-0.3, -0.25) is 9.78 Å². The standard InChI is InChI=1S/C16H17N5O.2C2HF3O2/c22-15(12-4-1-2-7-17-12)20-10-5-14-13(20)6-11-21(14)16-18-8-3-9-19-16;2*3-2(4,5)1(6)7/h1-4,7-9,13-14H,5-6,10-11H2;2*(H,6,7)/t13-,14+;;/m1../s1. The average molecular weight is 523 g/mol. The molecule has 2 saturated heterocycles. The zero-order valence-corrected chi connectivity index (χ0v) is 18.1. The minimum atomic E-state index is -5.08. The molecule has 2 atom stereocenters. The van der Waals surface area contributed by atoms with Gasteiger partial charge in [-0.1, -0.05) is 6.07 Å². The predicted molar refractivity (Wildman–Crippen MR) is 109 cm³/mol. The Kier molecular flexibility index (Phi) is 9.13. The van der Waals surface area contributed by atoms with E-state index in [0.29, 0.717) is 11.7 Å². The van der Waals surface area contributed by atoms with Crippen molar-refractivity contribution in [2.45, 2.75) is 37.3 Å². The lowest BCUT2D eigenvalue weighted by Gasteiger charge is -2.25. The van der Waals surface area contributed by atoms with Crippen LogP contribution in [0.5, 0.6) is 0 Å². The fraction of sp³-hybridized carbons (Fsp3) is 0.400. The Balaban J connectivity index is 0.000000271. The summed E-state index contributed by atoms with van der Waals surface area (Å²) in [6.07, 6.45) is -3.05. The van der Waals surface area contributed by atoms with Gasteiger partial charge in [0.1, 0.15) is 5.69 Å². The van der Waals surface area contributed by atoms with Crippen molar-refractivity contribution >= 4 is 23.8 Å². The number of carbonyl (C=O) groups excluding carboxylic acids is 1. The minimum Gasteiger partial charge on any atom is -0.475 e. The highest BCUT2D eigenvalue weighted by Gasteiger charge is 2.45. The highest BCUT2D eigenvalue weighted by molar-refractivity contribution is 5.92. The summed E-state index contributed by atoms with van der Waals surface area (Å²) in [7, 11) is 0. The molecule has 0 bridgehead atoms. The molecule has 0 aliphatic carbocycles. The Morgan fingerprint density at radius 1 is 0.778 bits per heavy atom. The molecule has 2 aromatic heterocycles. The molecule has 0 saturated carbocycles. The minimum absolute atomic E-state index is 0.0314. The maximum absolute atomic E-state index is 12.6. The number of rotatable bonds is 2. The largest absolute Gasteiger partial charge is 0.490 e. The Bertz CT molecular complexity index is 1010. The number of pyridine rings is 1. The van der Waals surface area contributed by atoms with E-state index in [0.717, 1.165) is 31.9 Å². The number of likely N-dealkylation sites (tertiary alicyclic amines) is 1. The summed E-state index contributed by atoms with van der Waals surface area (Å²) < 4.78 is 63.5. The summed E-state index contributed by atoms with van der Waals surface area (Å²) in [6, 6.07) is 7.83. The molecule has 2 N–H and O–H groups in total. The van der Waals surface area contributed by atoms with Gasteiger partial charge in [0.05, 0.1) is 12.1 Å². The van der Waals surface area contributed by atoms with Crippen LogP contribution < -0.4 is 4.90 Å². The number of aliphatic carboxylic acids is 2. The summed E-state index contributed by atoms with van der Waals surface area (Å²) >= 11 is 0. The van der Waals surface area contributed by atoms with Crippen molar-refractivity contribution in [1.82, 2.24) is 19.9 Å². The molecule has 0 spiro atoms. The number of alkyl halides is 6. The van der Waals surface area contributed by atoms with E-state index in [1.165, 1.54) is 0 Å². The van der Waals surface area contributed by atoms with Crippen LogP contribution in [-0.4, -0.2) is 85.4 Å². The van der Waals surface area contributed by atoms with Gasteiger partial charge in [0, 0.05) is 31.7 Å². The number of amides is 1. The van der Waals surface area contributed by atoms with Gasteiger partial charge < -0.3 is 20.0 Å². The third-order valence-corrected chi connectivity index (χ3v) is 5.02. The van der Waals surface area contributed by atoms with Gasteiger partial charge in [-0.2, -0.15) is 26.3 Å². The van der Waals surface area contributed by atoms with Crippen LogP contribution in [-0.2, 0) is 9.59 Å². The van der Waals surface area contributed by atoms with E-state index in [-0.39, 0.29) is 11.9 Å². The number of hydrogen-bond donors (Lipinski definition) is 2. The van der Waals surface area contributed by atoms with Crippen molar-refractivity contribution in [2.75, 3.05) is 18.0 Å². The second-order valence-corrected chi connectivity index (χ2v) is 7.27. The lowest BCUT2D eigenvalue weighted by atomic mass is 10.1. The van der Waals surface area contributed by atoms with E-state index >= 15 is 0 Å². The third-order valence-electron chi connectivity index (χ3n) is 5.02. The Morgan fingerprint density at radius 2 is 1.28 bits per heavy atom. The summed E-state index contributed by atoms with van der Waals surface area (Å²) in [4.78, 5) is 47.5. The zero-order chi connectivity index (χ0) is 27.1. The van der Waals surface area contributed by atoms with Gasteiger partial charge in [-0.05, 0) is 31.0 Å². The molecule has 0 aromatic carbocycles. The number of carboxylic acid groups (broad SMARTS) is 2. The van der Waals surface area contributed by atoms with Crippen LogP contribution in [0.1, 0.15) is 23.3 Å². The molecular formula is C20H19F6N5O5. The maximum atomic E-state index is 12.6. The molecular weight excluding hydrogens is 504 g/mol. The number of nitrogens with zero attached hydrogens (tertiary/aromatic N) is 5. The zero-order valence-electron chi connectivity index (χ0n) is 18.1. The van der Waals surface area contributed by atoms with Crippen LogP contribution in [0.4, 0.5) is 32.3 Å². The van der Waals surface area contributed by atoms with Crippen LogP contribution >= 0.6 is 0 Å². The molecule has 2 fully saturated rings. The number of anilines is 1. The van der Waals surface area contributed by atoms with E-state index in [1.807, 2.05) is 23.1 Å². The Morgan fingerprint density at radius 3 is 1.75 bits per heavy atom. The molecule has 196 valence electrons. The lowest BCUT2D eigenvalue weighted by Crippen LogP contribution is -2.40. The van der Waals surface area contributed by atoms with Crippen LogP contribution in [0.15, 0.2) is 42.9 Å². The summed E-state index contributed by atoms with van der Waals surface area (Å²) in [5.74, 6) is -4.72. The van der Waals surface area contributed by atoms with Crippen molar-refractivity contribution in [3.8, 4) is 0 Å². The van der Waals surface area contributed by atoms with Gasteiger partial charge in [0.25, 0.3) is 5.91 Å². The second kappa shape index (κ2) is 11.6. The first-order valence-electron chi connectivity index (χ1n) is 10.1. The van der Waals surface area contributed by atoms with Crippen LogP contribution in [0, 0.1) is 0 Å². The summed E-state index contributed by atoms with van der Waals surface area (Å²) in [5.41, 5.74) is 0.526. The maximum Gasteiger partial charge on any atom is 0.490 e. The number of halogens is 6. The number of aromatic nitrogens is 3. The van der Waals surface area contributed by atoms with Gasteiger partial charge in [-0.15, -0.1) is 0 Å². The van der Waals surface area contributed by atoms with Crippen molar-refractivity contribution in [3.05, 3.63) is 48.5 Å². The molecule has 0 radical (unpaired) electrons. The van der Waals surface area contributed by atoms with Crippen molar-refractivity contribution in [2.24, 2.45) is 0 Å². The summed E-state index contributed by atoms with van der Waals surface area (Å²) in [6.45, 7) is 1.67. The molecule has 0 unspecified atom stereocenters. The normalized spacial score (nSPS) is 18.8. The highest BCUT2D eigenvalue weighted by atomic mass is 19.4. The van der Waals surface area contributed by atoms with E-state index in [2.05, 4.69) is 19.9 Å². The van der Waals surface area contributed by atoms with Crippen LogP contribution in [0.2, 0.25) is 0 Å². The number of hydrogen-bond acceptors (Lipinski definition) is 7. The number of carboxylic acids is 2.